The molecule has 1 aromatic carbocycles. The SMILES string of the molecule is CC(NC(=NCCN1CCCCC1)NCCc1ccco1)c1ccccc1. The van der Waals surface area contributed by atoms with Crippen LogP contribution in [0.15, 0.2) is 58.1 Å². The minimum atomic E-state index is 0.205. The number of hydrogen-bond acceptors (Lipinski definition) is 3. The fourth-order valence-electron chi connectivity index (χ4n) is 3.43. The number of rotatable bonds is 8. The van der Waals surface area contributed by atoms with Crippen molar-refractivity contribution in [3.05, 3.63) is 60.1 Å². The number of benzene rings is 1. The molecule has 1 aliphatic heterocycles. The summed E-state index contributed by atoms with van der Waals surface area (Å²) in [6.07, 6.45) is 6.58. The Bertz CT molecular complexity index is 663. The van der Waals surface area contributed by atoms with Gasteiger partial charge in [-0.25, -0.2) is 0 Å². The molecule has 1 saturated heterocycles. The Balaban J connectivity index is 1.53. The minimum Gasteiger partial charge on any atom is -0.469 e. The number of hydrogen-bond donors (Lipinski definition) is 2. The molecule has 5 heteroatoms. The predicted octanol–water partition coefficient (Wildman–Crippen LogP) is 3.60. The van der Waals surface area contributed by atoms with Crippen LogP contribution in [0.4, 0.5) is 0 Å². The lowest BCUT2D eigenvalue weighted by Crippen LogP contribution is -2.40. The number of nitrogens with one attached hydrogen (secondary N) is 2. The van der Waals surface area contributed by atoms with Crippen LogP contribution in [0.5, 0.6) is 0 Å². The van der Waals surface area contributed by atoms with Gasteiger partial charge in [0, 0.05) is 19.5 Å². The Morgan fingerprint density at radius 2 is 1.93 bits per heavy atom. The van der Waals surface area contributed by atoms with Crippen LogP contribution in [0.3, 0.4) is 0 Å². The maximum atomic E-state index is 5.42. The van der Waals surface area contributed by atoms with E-state index < -0.39 is 0 Å². The van der Waals surface area contributed by atoms with E-state index in [-0.39, 0.29) is 6.04 Å². The highest BCUT2D eigenvalue weighted by Gasteiger charge is 2.10. The number of aliphatic imine (C=N–C) groups is 1. The van der Waals surface area contributed by atoms with Gasteiger partial charge >= 0.3 is 0 Å². The normalized spacial score (nSPS) is 16.9. The molecule has 0 aliphatic carbocycles. The van der Waals surface area contributed by atoms with Crippen LogP contribution >= 0.6 is 0 Å². The van der Waals surface area contributed by atoms with Crippen LogP contribution in [0, 0.1) is 0 Å². The van der Waals surface area contributed by atoms with Crippen molar-refractivity contribution in [3.8, 4) is 0 Å². The summed E-state index contributed by atoms with van der Waals surface area (Å²) in [6, 6.07) is 14.6. The van der Waals surface area contributed by atoms with E-state index in [0.29, 0.717) is 0 Å². The zero-order chi connectivity index (χ0) is 18.7. The van der Waals surface area contributed by atoms with Gasteiger partial charge in [0.25, 0.3) is 0 Å². The van der Waals surface area contributed by atoms with Gasteiger partial charge in [-0.2, -0.15) is 0 Å². The first-order valence-electron chi connectivity index (χ1n) is 10.2. The highest BCUT2D eigenvalue weighted by Crippen LogP contribution is 2.11. The second-order valence-electron chi connectivity index (χ2n) is 7.17. The van der Waals surface area contributed by atoms with E-state index in [1.807, 2.05) is 18.2 Å². The lowest BCUT2D eigenvalue weighted by atomic mass is 10.1. The summed E-state index contributed by atoms with van der Waals surface area (Å²) in [5.74, 6) is 1.86. The molecular formula is C22H32N4O. The summed E-state index contributed by atoms with van der Waals surface area (Å²) in [4.78, 5) is 7.35. The summed E-state index contributed by atoms with van der Waals surface area (Å²) in [5, 5.41) is 7.00. The van der Waals surface area contributed by atoms with E-state index in [9.17, 15) is 0 Å². The topological polar surface area (TPSA) is 52.8 Å². The third-order valence-electron chi connectivity index (χ3n) is 5.03. The third kappa shape index (κ3) is 6.75. The second kappa shape index (κ2) is 10.8. The lowest BCUT2D eigenvalue weighted by Gasteiger charge is -2.25. The molecular weight excluding hydrogens is 336 g/mol. The first-order valence-corrected chi connectivity index (χ1v) is 10.2. The van der Waals surface area contributed by atoms with Crippen molar-refractivity contribution < 1.29 is 4.42 Å². The molecule has 0 bridgehead atoms. The number of guanidine groups is 1. The first-order chi connectivity index (χ1) is 13.3. The molecule has 1 aliphatic rings. The number of furan rings is 1. The van der Waals surface area contributed by atoms with Gasteiger partial charge in [-0.15, -0.1) is 0 Å². The molecule has 27 heavy (non-hydrogen) atoms. The molecule has 0 saturated carbocycles. The van der Waals surface area contributed by atoms with Gasteiger partial charge < -0.3 is 20.0 Å². The molecule has 1 fully saturated rings. The van der Waals surface area contributed by atoms with Crippen LogP contribution in [-0.2, 0) is 6.42 Å². The summed E-state index contributed by atoms with van der Waals surface area (Å²) >= 11 is 0. The van der Waals surface area contributed by atoms with E-state index in [1.54, 1.807) is 6.26 Å². The van der Waals surface area contributed by atoms with Crippen molar-refractivity contribution in [1.82, 2.24) is 15.5 Å². The zero-order valence-electron chi connectivity index (χ0n) is 16.4. The molecule has 0 radical (unpaired) electrons. The van der Waals surface area contributed by atoms with Crippen LogP contribution in [0.1, 0.15) is 43.6 Å². The van der Waals surface area contributed by atoms with Crippen molar-refractivity contribution in [2.75, 3.05) is 32.7 Å². The number of nitrogens with zero attached hydrogens (tertiary/aromatic N) is 2. The molecule has 1 aromatic heterocycles. The predicted molar refractivity (Wildman–Crippen MR) is 111 cm³/mol. The van der Waals surface area contributed by atoms with E-state index in [2.05, 4.69) is 46.7 Å². The number of piperidine rings is 1. The lowest BCUT2D eigenvalue weighted by molar-refractivity contribution is 0.235. The summed E-state index contributed by atoms with van der Waals surface area (Å²) in [5.41, 5.74) is 1.26. The molecule has 2 aromatic rings. The third-order valence-corrected chi connectivity index (χ3v) is 5.03. The van der Waals surface area contributed by atoms with Crippen LogP contribution in [0.2, 0.25) is 0 Å². The molecule has 1 unspecified atom stereocenters. The second-order valence-corrected chi connectivity index (χ2v) is 7.17. The Kier molecular flexibility index (Phi) is 7.78. The highest BCUT2D eigenvalue weighted by atomic mass is 16.3. The van der Waals surface area contributed by atoms with E-state index in [0.717, 1.165) is 37.8 Å². The zero-order valence-corrected chi connectivity index (χ0v) is 16.4. The largest absolute Gasteiger partial charge is 0.469 e. The molecule has 0 spiro atoms. The van der Waals surface area contributed by atoms with Gasteiger partial charge in [-0.3, -0.25) is 4.99 Å². The van der Waals surface area contributed by atoms with Crippen molar-refractivity contribution in [3.63, 3.8) is 0 Å². The standard InChI is InChI=1S/C22H32N4O/c1-19(20-9-4-2-5-10-20)25-22(23-13-12-21-11-8-18-27-21)24-14-17-26-15-6-3-7-16-26/h2,4-5,8-11,18-19H,3,6-7,12-17H2,1H3,(H2,23,24,25). The summed E-state index contributed by atoms with van der Waals surface area (Å²) < 4.78 is 5.42. The van der Waals surface area contributed by atoms with E-state index in [4.69, 9.17) is 9.41 Å². The van der Waals surface area contributed by atoms with Crippen LogP contribution in [-0.4, -0.2) is 43.6 Å². The Morgan fingerprint density at radius 1 is 1.11 bits per heavy atom. The summed E-state index contributed by atoms with van der Waals surface area (Å²) in [6.45, 7) is 7.24. The van der Waals surface area contributed by atoms with Gasteiger partial charge in [0.1, 0.15) is 5.76 Å². The molecule has 3 rings (SSSR count). The molecule has 5 nitrogen and oxygen atoms in total. The maximum absolute atomic E-state index is 5.42. The fraction of sp³-hybridized carbons (Fsp3) is 0.500. The van der Waals surface area contributed by atoms with E-state index in [1.165, 1.54) is 37.9 Å². The van der Waals surface area contributed by atoms with Crippen molar-refractivity contribution in [2.24, 2.45) is 4.99 Å². The van der Waals surface area contributed by atoms with Crippen LogP contribution in [0.25, 0.3) is 0 Å². The van der Waals surface area contributed by atoms with Crippen LogP contribution < -0.4 is 10.6 Å². The monoisotopic (exact) mass is 368 g/mol. The molecule has 2 heterocycles. The average molecular weight is 369 g/mol. The van der Waals surface area contributed by atoms with Gasteiger partial charge in [0.05, 0.1) is 18.8 Å². The smallest absolute Gasteiger partial charge is 0.191 e. The Hall–Kier alpha value is -2.27. The van der Waals surface area contributed by atoms with Gasteiger partial charge in [0.2, 0.25) is 0 Å². The summed E-state index contributed by atoms with van der Waals surface area (Å²) in [7, 11) is 0. The van der Waals surface area contributed by atoms with E-state index >= 15 is 0 Å². The fourth-order valence-corrected chi connectivity index (χ4v) is 3.43. The van der Waals surface area contributed by atoms with Gasteiger partial charge in [-0.05, 0) is 50.6 Å². The Morgan fingerprint density at radius 3 is 2.67 bits per heavy atom. The molecule has 0 amide bonds. The Labute approximate surface area is 162 Å². The quantitative estimate of drug-likeness (QED) is 0.552. The van der Waals surface area contributed by atoms with Gasteiger partial charge in [0.15, 0.2) is 5.96 Å². The molecule has 2 N–H and O–H groups in total. The minimum absolute atomic E-state index is 0.205. The molecule has 146 valence electrons. The van der Waals surface area contributed by atoms with Crippen molar-refractivity contribution in [2.45, 2.75) is 38.6 Å². The van der Waals surface area contributed by atoms with Crippen molar-refractivity contribution in [1.29, 1.82) is 0 Å². The number of likely N-dealkylation sites (tertiary alicyclic amines) is 1. The highest BCUT2D eigenvalue weighted by molar-refractivity contribution is 5.80. The van der Waals surface area contributed by atoms with Crippen molar-refractivity contribution >= 4 is 5.96 Å². The maximum Gasteiger partial charge on any atom is 0.191 e. The van der Waals surface area contributed by atoms with Gasteiger partial charge in [-0.1, -0.05) is 36.8 Å². The average Bonchev–Trinajstić information content (AvgIpc) is 3.23. The molecule has 1 atom stereocenters. The first kappa shape index (κ1) is 19.5.